The molecule has 1 aliphatic rings. The van der Waals surface area contributed by atoms with Crippen LogP contribution >= 0.6 is 0 Å². The van der Waals surface area contributed by atoms with Crippen molar-refractivity contribution in [3.8, 4) is 11.8 Å². The van der Waals surface area contributed by atoms with Crippen molar-refractivity contribution in [2.24, 2.45) is 0 Å². The van der Waals surface area contributed by atoms with Crippen molar-refractivity contribution in [2.45, 2.75) is 38.6 Å². The Morgan fingerprint density at radius 2 is 2.11 bits per heavy atom. The zero-order chi connectivity index (χ0) is 13.5. The van der Waals surface area contributed by atoms with Gasteiger partial charge in [-0.1, -0.05) is 36.5 Å². The number of hydrogen-bond acceptors (Lipinski definition) is 2. The fourth-order valence-corrected chi connectivity index (χ4v) is 2.60. The van der Waals surface area contributed by atoms with Crippen molar-refractivity contribution in [1.29, 1.82) is 0 Å². The number of carbonyl (C=O) groups is 1. The van der Waals surface area contributed by atoms with Crippen molar-refractivity contribution in [3.05, 3.63) is 35.9 Å². The fraction of sp³-hybridized carbons (Fsp3) is 0.471. The van der Waals surface area contributed by atoms with Crippen molar-refractivity contribution >= 4 is 5.78 Å². The number of benzene rings is 1. The molecule has 0 amide bonds. The molecule has 0 aliphatic carbocycles. The third kappa shape index (κ3) is 4.54. The third-order valence-corrected chi connectivity index (χ3v) is 3.56. The first kappa shape index (κ1) is 13.8. The lowest BCUT2D eigenvalue weighted by Crippen LogP contribution is -2.40. The summed E-state index contributed by atoms with van der Waals surface area (Å²) >= 11 is 0. The first-order valence-electron chi connectivity index (χ1n) is 7.03. The standard InChI is InChI=1S/C17H21NO/c1-15(19)14-17-11-5-6-12-18(17)13-7-10-16-8-3-2-4-9-16/h2-4,8-9,17H,5-6,11-14H2,1H3. The quantitative estimate of drug-likeness (QED) is 0.774. The molecule has 1 unspecified atom stereocenters. The van der Waals surface area contributed by atoms with Crippen molar-refractivity contribution in [3.63, 3.8) is 0 Å². The summed E-state index contributed by atoms with van der Waals surface area (Å²) in [4.78, 5) is 13.7. The molecule has 100 valence electrons. The van der Waals surface area contributed by atoms with E-state index in [0.717, 1.165) is 25.1 Å². The Morgan fingerprint density at radius 1 is 1.32 bits per heavy atom. The van der Waals surface area contributed by atoms with Gasteiger partial charge in [-0.05, 0) is 38.4 Å². The maximum atomic E-state index is 11.3. The van der Waals surface area contributed by atoms with E-state index in [1.807, 2.05) is 30.3 Å². The highest BCUT2D eigenvalue weighted by atomic mass is 16.1. The SMILES string of the molecule is CC(=O)CC1CCCCN1CC#Cc1ccccc1. The molecule has 1 aromatic rings. The molecule has 0 saturated carbocycles. The summed E-state index contributed by atoms with van der Waals surface area (Å²) in [6.07, 6.45) is 4.27. The van der Waals surface area contributed by atoms with Gasteiger partial charge in [0.2, 0.25) is 0 Å². The van der Waals surface area contributed by atoms with E-state index in [-0.39, 0.29) is 5.78 Å². The van der Waals surface area contributed by atoms with E-state index in [0.29, 0.717) is 12.5 Å². The number of Topliss-reactive ketones (excluding diaryl/α,β-unsaturated/α-hetero) is 1. The van der Waals surface area contributed by atoms with E-state index in [1.165, 1.54) is 12.8 Å². The van der Waals surface area contributed by atoms with Gasteiger partial charge in [-0.2, -0.15) is 0 Å². The molecule has 1 heterocycles. The maximum absolute atomic E-state index is 11.3. The Bertz CT molecular complexity index is 469. The summed E-state index contributed by atoms with van der Waals surface area (Å²) in [5.74, 6) is 6.71. The van der Waals surface area contributed by atoms with Gasteiger partial charge >= 0.3 is 0 Å². The van der Waals surface area contributed by atoms with Gasteiger partial charge < -0.3 is 0 Å². The average molecular weight is 255 g/mol. The van der Waals surface area contributed by atoms with Crippen LogP contribution in [0.15, 0.2) is 30.3 Å². The predicted octanol–water partition coefficient (Wildman–Crippen LogP) is 2.87. The molecule has 0 spiro atoms. The van der Waals surface area contributed by atoms with Gasteiger partial charge in [-0.3, -0.25) is 9.69 Å². The van der Waals surface area contributed by atoms with Crippen LogP contribution in [0.4, 0.5) is 0 Å². The minimum Gasteiger partial charge on any atom is -0.300 e. The summed E-state index contributed by atoms with van der Waals surface area (Å²) in [6, 6.07) is 10.5. The van der Waals surface area contributed by atoms with Gasteiger partial charge in [0.25, 0.3) is 0 Å². The highest BCUT2D eigenvalue weighted by Crippen LogP contribution is 2.19. The molecule has 1 aromatic carbocycles. The number of likely N-dealkylation sites (tertiary alicyclic amines) is 1. The van der Waals surface area contributed by atoms with Crippen LogP contribution in [-0.4, -0.2) is 29.8 Å². The molecule has 0 radical (unpaired) electrons. The molecule has 0 bridgehead atoms. The summed E-state index contributed by atoms with van der Waals surface area (Å²) < 4.78 is 0. The van der Waals surface area contributed by atoms with E-state index in [4.69, 9.17) is 0 Å². The highest BCUT2D eigenvalue weighted by Gasteiger charge is 2.22. The van der Waals surface area contributed by atoms with Crippen LogP contribution in [-0.2, 0) is 4.79 Å². The first-order chi connectivity index (χ1) is 9.25. The van der Waals surface area contributed by atoms with Crippen LogP contribution in [0.5, 0.6) is 0 Å². The molecule has 2 rings (SSSR count). The normalized spacial score (nSPS) is 19.5. The fourth-order valence-electron chi connectivity index (χ4n) is 2.60. The molecule has 1 aliphatic heterocycles. The van der Waals surface area contributed by atoms with Gasteiger partial charge in [-0.25, -0.2) is 0 Å². The molecule has 1 fully saturated rings. The topological polar surface area (TPSA) is 20.3 Å². The van der Waals surface area contributed by atoms with Crippen LogP contribution in [0, 0.1) is 11.8 Å². The molecule has 1 atom stereocenters. The van der Waals surface area contributed by atoms with E-state index in [2.05, 4.69) is 16.7 Å². The Kier molecular flexibility index (Phi) is 5.18. The van der Waals surface area contributed by atoms with E-state index >= 15 is 0 Å². The lowest BCUT2D eigenvalue weighted by molar-refractivity contribution is -0.118. The average Bonchev–Trinajstić information content (AvgIpc) is 2.41. The number of hydrogen-bond donors (Lipinski definition) is 0. The smallest absolute Gasteiger partial charge is 0.131 e. The number of rotatable bonds is 3. The number of carbonyl (C=O) groups excluding carboxylic acids is 1. The first-order valence-corrected chi connectivity index (χ1v) is 7.03. The summed E-state index contributed by atoms with van der Waals surface area (Å²) in [6.45, 7) is 3.52. The minimum absolute atomic E-state index is 0.285. The molecule has 19 heavy (non-hydrogen) atoms. The van der Waals surface area contributed by atoms with Gasteiger partial charge in [-0.15, -0.1) is 0 Å². The zero-order valence-electron chi connectivity index (χ0n) is 11.6. The van der Waals surface area contributed by atoms with Crippen LogP contribution in [0.2, 0.25) is 0 Å². The minimum atomic E-state index is 0.285. The van der Waals surface area contributed by atoms with Crippen molar-refractivity contribution in [1.82, 2.24) is 4.90 Å². The molecular weight excluding hydrogens is 234 g/mol. The highest BCUT2D eigenvalue weighted by molar-refractivity contribution is 5.76. The molecule has 0 N–H and O–H groups in total. The predicted molar refractivity (Wildman–Crippen MR) is 77.8 cm³/mol. The zero-order valence-corrected chi connectivity index (χ0v) is 11.6. The second kappa shape index (κ2) is 7.11. The second-order valence-electron chi connectivity index (χ2n) is 5.19. The molecule has 2 heteroatoms. The molecule has 2 nitrogen and oxygen atoms in total. The Morgan fingerprint density at radius 3 is 2.84 bits per heavy atom. The monoisotopic (exact) mass is 255 g/mol. The van der Waals surface area contributed by atoms with Gasteiger partial charge in [0.05, 0.1) is 6.54 Å². The summed E-state index contributed by atoms with van der Waals surface area (Å²) in [7, 11) is 0. The second-order valence-corrected chi connectivity index (χ2v) is 5.19. The molecule has 1 saturated heterocycles. The Balaban J connectivity index is 1.93. The van der Waals surface area contributed by atoms with Gasteiger partial charge in [0.15, 0.2) is 0 Å². The lowest BCUT2D eigenvalue weighted by atomic mass is 9.98. The number of nitrogens with zero attached hydrogens (tertiary/aromatic N) is 1. The Hall–Kier alpha value is -1.59. The summed E-state index contributed by atoms with van der Waals surface area (Å²) in [5.41, 5.74) is 1.06. The van der Waals surface area contributed by atoms with E-state index in [9.17, 15) is 4.79 Å². The van der Waals surface area contributed by atoms with Crippen LogP contribution in [0.3, 0.4) is 0 Å². The molecule has 0 aromatic heterocycles. The van der Waals surface area contributed by atoms with Crippen LogP contribution < -0.4 is 0 Å². The van der Waals surface area contributed by atoms with E-state index in [1.54, 1.807) is 6.92 Å². The summed E-state index contributed by atoms with van der Waals surface area (Å²) in [5, 5.41) is 0. The number of piperidine rings is 1. The largest absolute Gasteiger partial charge is 0.300 e. The van der Waals surface area contributed by atoms with Crippen molar-refractivity contribution in [2.75, 3.05) is 13.1 Å². The maximum Gasteiger partial charge on any atom is 0.131 e. The van der Waals surface area contributed by atoms with Crippen LogP contribution in [0.1, 0.15) is 38.2 Å². The van der Waals surface area contributed by atoms with Crippen molar-refractivity contribution < 1.29 is 4.79 Å². The number of ketones is 1. The Labute approximate surface area is 115 Å². The lowest BCUT2D eigenvalue weighted by Gasteiger charge is -2.33. The molecular formula is C17H21NO. The van der Waals surface area contributed by atoms with E-state index < -0.39 is 0 Å². The van der Waals surface area contributed by atoms with Gasteiger partial charge in [0, 0.05) is 18.0 Å². The van der Waals surface area contributed by atoms with Gasteiger partial charge in [0.1, 0.15) is 5.78 Å². The third-order valence-electron chi connectivity index (χ3n) is 3.56. The van der Waals surface area contributed by atoms with Crippen LogP contribution in [0.25, 0.3) is 0 Å².